The average Bonchev–Trinajstić information content (AvgIpc) is 3.15. The summed E-state index contributed by atoms with van der Waals surface area (Å²) in [5.41, 5.74) is 0.788. The largest absolute Gasteiger partial charge is 0.441 e. The molecule has 144 valence electrons. The fraction of sp³-hybridized carbons (Fsp3) is 0.421. The van der Waals surface area contributed by atoms with E-state index < -0.39 is 0 Å². The van der Waals surface area contributed by atoms with Crippen LogP contribution in [0.3, 0.4) is 0 Å². The van der Waals surface area contributed by atoms with Crippen molar-refractivity contribution in [1.82, 2.24) is 20.1 Å². The molecule has 0 radical (unpaired) electrons. The molecule has 1 N–H and O–H groups in total. The molecule has 0 atom stereocenters. The third kappa shape index (κ3) is 5.08. The van der Waals surface area contributed by atoms with Crippen LogP contribution in [0, 0.1) is 0 Å². The first-order chi connectivity index (χ1) is 13.1. The number of aromatic nitrogens is 1. The molecule has 1 saturated heterocycles. The predicted octanol–water partition coefficient (Wildman–Crippen LogP) is 1.82. The number of piperazine rings is 1. The number of carbonyl (C=O) groups is 2. The zero-order chi connectivity index (χ0) is 19.2. The number of carbonyl (C=O) groups excluding carboxylic acids is 2. The minimum Gasteiger partial charge on any atom is -0.441 e. The summed E-state index contributed by atoms with van der Waals surface area (Å²) in [6, 6.07) is 7.41. The zero-order valence-electron chi connectivity index (χ0n) is 15.3. The molecule has 7 nitrogen and oxygen atoms in total. The van der Waals surface area contributed by atoms with E-state index in [1.54, 1.807) is 19.3 Å². The highest BCUT2D eigenvalue weighted by molar-refractivity contribution is 6.33. The van der Waals surface area contributed by atoms with E-state index in [1.165, 1.54) is 0 Å². The van der Waals surface area contributed by atoms with Gasteiger partial charge in [0.15, 0.2) is 11.7 Å². The minimum absolute atomic E-state index is 0.00649. The number of nitrogens with one attached hydrogen (secondary N) is 1. The van der Waals surface area contributed by atoms with Crippen LogP contribution in [0.25, 0.3) is 11.3 Å². The van der Waals surface area contributed by atoms with Crippen molar-refractivity contribution in [3.8, 4) is 11.3 Å². The molecular formula is C19H23ClN4O3. The number of hydrogen-bond donors (Lipinski definition) is 1. The quantitative estimate of drug-likeness (QED) is 0.813. The van der Waals surface area contributed by atoms with Crippen molar-refractivity contribution in [3.63, 3.8) is 0 Å². The van der Waals surface area contributed by atoms with Crippen LogP contribution >= 0.6 is 11.6 Å². The molecule has 2 heterocycles. The molecule has 1 aromatic carbocycles. The zero-order valence-corrected chi connectivity index (χ0v) is 16.0. The Kier molecular flexibility index (Phi) is 6.47. The van der Waals surface area contributed by atoms with Crippen LogP contribution in [-0.4, -0.2) is 66.4 Å². The van der Waals surface area contributed by atoms with Crippen LogP contribution in [0.2, 0.25) is 5.02 Å². The molecule has 0 bridgehead atoms. The second-order valence-electron chi connectivity index (χ2n) is 6.43. The summed E-state index contributed by atoms with van der Waals surface area (Å²) < 4.78 is 5.74. The summed E-state index contributed by atoms with van der Waals surface area (Å²) in [6.45, 7) is 3.04. The summed E-state index contributed by atoms with van der Waals surface area (Å²) in [6.07, 6.45) is 2.43. The standard InChI is InChI=1S/C19H23ClN4O3/c1-21-17(25)13-23-8-10-24(11-9-23)19(26)7-6-18-22-12-16(27-18)14-4-2-3-5-15(14)20/h2-5,12H,6-11,13H2,1H3,(H,21,25). The van der Waals surface area contributed by atoms with Gasteiger partial charge in [-0.25, -0.2) is 4.98 Å². The van der Waals surface area contributed by atoms with Gasteiger partial charge < -0.3 is 14.6 Å². The van der Waals surface area contributed by atoms with E-state index in [4.69, 9.17) is 16.0 Å². The van der Waals surface area contributed by atoms with Crippen molar-refractivity contribution in [2.45, 2.75) is 12.8 Å². The monoisotopic (exact) mass is 390 g/mol. The molecule has 8 heteroatoms. The first-order valence-corrected chi connectivity index (χ1v) is 9.35. The molecule has 1 aliphatic heterocycles. The summed E-state index contributed by atoms with van der Waals surface area (Å²) in [7, 11) is 1.63. The van der Waals surface area contributed by atoms with Crippen molar-refractivity contribution >= 4 is 23.4 Å². The fourth-order valence-corrected chi connectivity index (χ4v) is 3.25. The summed E-state index contributed by atoms with van der Waals surface area (Å²) >= 11 is 6.17. The van der Waals surface area contributed by atoms with Gasteiger partial charge >= 0.3 is 0 Å². The molecule has 2 amide bonds. The smallest absolute Gasteiger partial charge is 0.233 e. The van der Waals surface area contributed by atoms with Gasteiger partial charge in [0, 0.05) is 51.6 Å². The maximum atomic E-state index is 12.4. The Labute approximate surface area is 163 Å². The molecule has 2 aromatic rings. The van der Waals surface area contributed by atoms with Crippen LogP contribution in [0.5, 0.6) is 0 Å². The maximum Gasteiger partial charge on any atom is 0.233 e. The van der Waals surface area contributed by atoms with Gasteiger partial charge in [0.1, 0.15) is 0 Å². The molecular weight excluding hydrogens is 368 g/mol. The second-order valence-corrected chi connectivity index (χ2v) is 6.84. The number of aryl methyl sites for hydroxylation is 1. The van der Waals surface area contributed by atoms with Gasteiger partial charge in [-0.1, -0.05) is 23.7 Å². The SMILES string of the molecule is CNC(=O)CN1CCN(C(=O)CCc2ncc(-c3ccccc3Cl)o2)CC1. The van der Waals surface area contributed by atoms with E-state index in [0.717, 1.165) is 5.56 Å². The lowest BCUT2D eigenvalue weighted by Gasteiger charge is -2.34. The van der Waals surface area contributed by atoms with Crippen LogP contribution in [0.15, 0.2) is 34.9 Å². The first kappa shape index (κ1) is 19.4. The van der Waals surface area contributed by atoms with Crippen LogP contribution in [0.4, 0.5) is 0 Å². The van der Waals surface area contributed by atoms with E-state index in [-0.39, 0.29) is 11.8 Å². The lowest BCUT2D eigenvalue weighted by Crippen LogP contribution is -2.50. The van der Waals surface area contributed by atoms with Gasteiger partial charge in [-0.05, 0) is 12.1 Å². The highest BCUT2D eigenvalue weighted by Crippen LogP contribution is 2.28. The number of nitrogens with zero attached hydrogens (tertiary/aromatic N) is 3. The Morgan fingerprint density at radius 2 is 1.96 bits per heavy atom. The van der Waals surface area contributed by atoms with Gasteiger partial charge in [0.25, 0.3) is 0 Å². The summed E-state index contributed by atoms with van der Waals surface area (Å²) in [4.78, 5) is 32.0. The third-order valence-electron chi connectivity index (χ3n) is 4.62. The van der Waals surface area contributed by atoms with Gasteiger partial charge in [0.05, 0.1) is 17.8 Å². The molecule has 1 aromatic heterocycles. The van der Waals surface area contributed by atoms with Crippen molar-refractivity contribution in [1.29, 1.82) is 0 Å². The molecule has 1 aliphatic rings. The van der Waals surface area contributed by atoms with Crippen LogP contribution < -0.4 is 5.32 Å². The average molecular weight is 391 g/mol. The molecule has 27 heavy (non-hydrogen) atoms. The van der Waals surface area contributed by atoms with E-state index in [9.17, 15) is 9.59 Å². The van der Waals surface area contributed by atoms with Crippen LogP contribution in [0.1, 0.15) is 12.3 Å². The van der Waals surface area contributed by atoms with Gasteiger partial charge in [-0.3, -0.25) is 14.5 Å². The van der Waals surface area contributed by atoms with Crippen molar-refractivity contribution in [2.24, 2.45) is 0 Å². The number of rotatable bonds is 6. The van der Waals surface area contributed by atoms with E-state index in [1.807, 2.05) is 28.0 Å². The topological polar surface area (TPSA) is 78.7 Å². The summed E-state index contributed by atoms with van der Waals surface area (Å²) in [5, 5.41) is 3.22. The van der Waals surface area contributed by atoms with Gasteiger partial charge in [0.2, 0.25) is 11.8 Å². The molecule has 3 rings (SSSR count). The Morgan fingerprint density at radius 1 is 1.22 bits per heavy atom. The number of likely N-dealkylation sites (N-methyl/N-ethyl adjacent to an activating group) is 1. The molecule has 0 unspecified atom stereocenters. The van der Waals surface area contributed by atoms with Crippen molar-refractivity contribution in [3.05, 3.63) is 41.4 Å². The van der Waals surface area contributed by atoms with E-state index >= 15 is 0 Å². The minimum atomic E-state index is -0.00649. The molecule has 0 aliphatic carbocycles. The number of amides is 2. The molecule has 1 fully saturated rings. The third-order valence-corrected chi connectivity index (χ3v) is 4.95. The van der Waals surface area contributed by atoms with Gasteiger partial charge in [-0.15, -0.1) is 0 Å². The van der Waals surface area contributed by atoms with Crippen molar-refractivity contribution in [2.75, 3.05) is 39.8 Å². The second kappa shape index (κ2) is 9.01. The van der Waals surface area contributed by atoms with Crippen LogP contribution in [-0.2, 0) is 16.0 Å². The Balaban J connectivity index is 1.48. The predicted molar refractivity (Wildman–Crippen MR) is 102 cm³/mol. The lowest BCUT2D eigenvalue weighted by atomic mass is 10.2. The highest BCUT2D eigenvalue weighted by Gasteiger charge is 2.22. The molecule has 0 saturated carbocycles. The van der Waals surface area contributed by atoms with Gasteiger partial charge in [-0.2, -0.15) is 0 Å². The Morgan fingerprint density at radius 3 is 2.67 bits per heavy atom. The lowest BCUT2D eigenvalue weighted by molar-refractivity contribution is -0.133. The highest BCUT2D eigenvalue weighted by atomic mass is 35.5. The maximum absolute atomic E-state index is 12.4. The number of benzene rings is 1. The van der Waals surface area contributed by atoms with Crippen molar-refractivity contribution < 1.29 is 14.0 Å². The number of oxazole rings is 1. The first-order valence-electron chi connectivity index (χ1n) is 8.97. The number of halogens is 1. The normalized spacial score (nSPS) is 15.0. The van der Waals surface area contributed by atoms with E-state index in [2.05, 4.69) is 10.3 Å². The Bertz CT molecular complexity index is 800. The van der Waals surface area contributed by atoms with E-state index in [0.29, 0.717) is 62.2 Å². The molecule has 0 spiro atoms. The summed E-state index contributed by atoms with van der Waals surface area (Å²) in [5.74, 6) is 1.20. The fourth-order valence-electron chi connectivity index (χ4n) is 3.02. The number of hydrogen-bond acceptors (Lipinski definition) is 5. The Hall–Kier alpha value is -2.38.